The van der Waals surface area contributed by atoms with Gasteiger partial charge in [0.25, 0.3) is 5.91 Å². The molecule has 190 valence electrons. The lowest BCUT2D eigenvalue weighted by Crippen LogP contribution is -2.27. The second kappa shape index (κ2) is 11.2. The van der Waals surface area contributed by atoms with Crippen LogP contribution in [0.3, 0.4) is 0 Å². The monoisotopic (exact) mass is 521 g/mol. The Bertz CT molecular complexity index is 1220. The van der Waals surface area contributed by atoms with Gasteiger partial charge in [-0.3, -0.25) is 4.79 Å². The SMILES string of the molecule is CCN(CC)c1ccc(C=Nc2sc3c(c2C(=O)Nc2ccc(Cl)cc2)CC[C@H](C(C)(C)C)C3)cc1. The number of carbonyl (C=O) groups is 1. The number of hydrogen-bond acceptors (Lipinski definition) is 4. The Morgan fingerprint density at radius 2 is 1.78 bits per heavy atom. The Morgan fingerprint density at radius 3 is 2.39 bits per heavy atom. The maximum atomic E-state index is 13.5. The van der Waals surface area contributed by atoms with E-state index in [2.05, 4.69) is 69.1 Å². The zero-order valence-electron chi connectivity index (χ0n) is 21.9. The normalized spacial score (nSPS) is 15.7. The van der Waals surface area contributed by atoms with Gasteiger partial charge in [0.05, 0.1) is 5.56 Å². The summed E-state index contributed by atoms with van der Waals surface area (Å²) in [4.78, 5) is 22.0. The smallest absolute Gasteiger partial charge is 0.259 e. The second-order valence-electron chi connectivity index (χ2n) is 10.5. The van der Waals surface area contributed by atoms with Crippen LogP contribution in [0.1, 0.15) is 67.4 Å². The van der Waals surface area contributed by atoms with Gasteiger partial charge >= 0.3 is 0 Å². The lowest BCUT2D eigenvalue weighted by molar-refractivity contribution is 0.102. The van der Waals surface area contributed by atoms with Crippen LogP contribution in [0.15, 0.2) is 53.5 Å². The number of nitrogens with one attached hydrogen (secondary N) is 1. The number of rotatable bonds is 7. The van der Waals surface area contributed by atoms with Crippen molar-refractivity contribution in [3.05, 3.63) is 75.1 Å². The van der Waals surface area contributed by atoms with Gasteiger partial charge in [-0.2, -0.15) is 0 Å². The minimum Gasteiger partial charge on any atom is -0.372 e. The molecule has 2 aromatic carbocycles. The number of thiophene rings is 1. The number of aliphatic imine (C=N–C) groups is 1. The summed E-state index contributed by atoms with van der Waals surface area (Å²) < 4.78 is 0. The van der Waals surface area contributed by atoms with Crippen LogP contribution in [0.5, 0.6) is 0 Å². The van der Waals surface area contributed by atoms with Crippen LogP contribution in [0.4, 0.5) is 16.4 Å². The van der Waals surface area contributed by atoms with Crippen molar-refractivity contribution < 1.29 is 4.79 Å². The summed E-state index contributed by atoms with van der Waals surface area (Å²) in [7, 11) is 0. The highest BCUT2D eigenvalue weighted by molar-refractivity contribution is 7.16. The van der Waals surface area contributed by atoms with E-state index >= 15 is 0 Å². The molecule has 1 aliphatic rings. The van der Waals surface area contributed by atoms with Gasteiger partial charge in [-0.15, -0.1) is 11.3 Å². The van der Waals surface area contributed by atoms with Crippen molar-refractivity contribution in [2.75, 3.05) is 23.3 Å². The summed E-state index contributed by atoms with van der Waals surface area (Å²) in [5.41, 5.74) is 5.08. The minimum atomic E-state index is -0.104. The number of hydrogen-bond donors (Lipinski definition) is 1. The number of nitrogens with zero attached hydrogens (tertiary/aromatic N) is 2. The standard InChI is InChI=1S/C30H36ClN3OS/c1-6-34(7-2)24-15-8-20(9-16-24)19-32-29-27(28(35)33-23-13-11-22(31)12-14-23)25-17-10-21(30(3,4)5)18-26(25)36-29/h8-9,11-16,19,21H,6-7,10,17-18H2,1-5H3,(H,33,35)/t21-/m0/s1. The second-order valence-corrected chi connectivity index (χ2v) is 12.0. The van der Waals surface area contributed by atoms with Gasteiger partial charge in [-0.1, -0.05) is 44.5 Å². The molecule has 6 heteroatoms. The third-order valence-corrected chi connectivity index (χ3v) is 8.57. The van der Waals surface area contributed by atoms with Gasteiger partial charge in [0, 0.05) is 40.6 Å². The lowest BCUT2D eigenvalue weighted by atomic mass is 9.72. The Balaban J connectivity index is 1.65. The predicted octanol–water partition coefficient (Wildman–Crippen LogP) is 8.40. The molecule has 1 amide bonds. The molecule has 0 unspecified atom stereocenters. The maximum Gasteiger partial charge on any atom is 0.259 e. The van der Waals surface area contributed by atoms with E-state index < -0.39 is 0 Å². The van der Waals surface area contributed by atoms with E-state index in [4.69, 9.17) is 16.6 Å². The summed E-state index contributed by atoms with van der Waals surface area (Å²) in [6.07, 6.45) is 4.87. The number of benzene rings is 2. The van der Waals surface area contributed by atoms with E-state index in [1.165, 1.54) is 10.6 Å². The molecule has 0 saturated carbocycles. The van der Waals surface area contributed by atoms with Gasteiger partial charge in [0.15, 0.2) is 0 Å². The van der Waals surface area contributed by atoms with Crippen LogP contribution in [0, 0.1) is 11.3 Å². The molecular weight excluding hydrogens is 486 g/mol. The third kappa shape index (κ3) is 6.01. The molecule has 1 atom stereocenters. The zero-order valence-corrected chi connectivity index (χ0v) is 23.5. The maximum absolute atomic E-state index is 13.5. The molecule has 1 aliphatic carbocycles. The molecule has 0 aliphatic heterocycles. The molecule has 0 fully saturated rings. The van der Waals surface area contributed by atoms with Crippen LogP contribution in [0.2, 0.25) is 5.02 Å². The molecule has 4 nitrogen and oxygen atoms in total. The molecule has 1 heterocycles. The molecule has 3 aromatic rings. The number of halogens is 1. The van der Waals surface area contributed by atoms with Crippen LogP contribution in [-0.2, 0) is 12.8 Å². The van der Waals surface area contributed by atoms with E-state index in [1.807, 2.05) is 18.3 Å². The molecule has 1 aromatic heterocycles. The van der Waals surface area contributed by atoms with Crippen molar-refractivity contribution in [2.45, 2.75) is 53.9 Å². The molecule has 4 rings (SSSR count). The Kier molecular flexibility index (Phi) is 8.21. The highest BCUT2D eigenvalue weighted by Crippen LogP contribution is 2.45. The highest BCUT2D eigenvalue weighted by Gasteiger charge is 2.33. The van der Waals surface area contributed by atoms with Crippen molar-refractivity contribution in [1.29, 1.82) is 0 Å². The van der Waals surface area contributed by atoms with Crippen molar-refractivity contribution in [3.63, 3.8) is 0 Å². The quantitative estimate of drug-likeness (QED) is 0.317. The molecule has 0 bridgehead atoms. The van der Waals surface area contributed by atoms with Gasteiger partial charge in [0.1, 0.15) is 5.00 Å². The van der Waals surface area contributed by atoms with E-state index in [1.54, 1.807) is 23.5 Å². The highest BCUT2D eigenvalue weighted by atomic mass is 35.5. The van der Waals surface area contributed by atoms with Crippen LogP contribution in [-0.4, -0.2) is 25.2 Å². The van der Waals surface area contributed by atoms with Gasteiger partial charge in [0.2, 0.25) is 0 Å². The summed E-state index contributed by atoms with van der Waals surface area (Å²) >= 11 is 7.70. The first-order chi connectivity index (χ1) is 17.2. The van der Waals surface area contributed by atoms with Gasteiger partial charge in [-0.25, -0.2) is 4.99 Å². The van der Waals surface area contributed by atoms with Crippen LogP contribution in [0.25, 0.3) is 0 Å². The lowest BCUT2D eigenvalue weighted by Gasteiger charge is -2.33. The number of anilines is 2. The minimum absolute atomic E-state index is 0.104. The number of fused-ring (bicyclic) bond motifs is 1. The Hall–Kier alpha value is -2.63. The van der Waals surface area contributed by atoms with Crippen LogP contribution < -0.4 is 10.2 Å². The average molecular weight is 522 g/mol. The molecule has 0 spiro atoms. The summed E-state index contributed by atoms with van der Waals surface area (Å²) in [6, 6.07) is 15.7. The largest absolute Gasteiger partial charge is 0.372 e. The van der Waals surface area contributed by atoms with E-state index in [0.717, 1.165) is 54.2 Å². The Labute approximate surface area is 224 Å². The summed E-state index contributed by atoms with van der Waals surface area (Å²) in [5, 5.41) is 4.49. The Morgan fingerprint density at radius 1 is 1.11 bits per heavy atom. The van der Waals surface area contributed by atoms with Crippen LogP contribution >= 0.6 is 22.9 Å². The molecule has 1 N–H and O–H groups in total. The predicted molar refractivity (Wildman–Crippen MR) is 156 cm³/mol. The average Bonchev–Trinajstić information content (AvgIpc) is 3.23. The van der Waals surface area contributed by atoms with Gasteiger partial charge < -0.3 is 10.2 Å². The fourth-order valence-electron chi connectivity index (χ4n) is 4.86. The van der Waals surface area contributed by atoms with Crippen molar-refractivity contribution in [1.82, 2.24) is 0 Å². The molecule has 0 radical (unpaired) electrons. The zero-order chi connectivity index (χ0) is 25.9. The fraction of sp³-hybridized carbons (Fsp3) is 0.400. The first-order valence-electron chi connectivity index (χ1n) is 12.8. The van der Waals surface area contributed by atoms with Crippen molar-refractivity contribution in [3.8, 4) is 0 Å². The van der Waals surface area contributed by atoms with Crippen molar-refractivity contribution >= 4 is 51.4 Å². The number of carbonyl (C=O) groups excluding carboxylic acids is 1. The first kappa shape index (κ1) is 26.4. The summed E-state index contributed by atoms with van der Waals surface area (Å²) in [5.74, 6) is 0.494. The molecule has 36 heavy (non-hydrogen) atoms. The fourth-order valence-corrected chi connectivity index (χ4v) is 6.25. The van der Waals surface area contributed by atoms with Gasteiger partial charge in [-0.05, 0) is 92.0 Å². The van der Waals surface area contributed by atoms with E-state index in [-0.39, 0.29) is 11.3 Å². The summed E-state index contributed by atoms with van der Waals surface area (Å²) in [6.45, 7) is 13.2. The first-order valence-corrected chi connectivity index (χ1v) is 14.0. The topological polar surface area (TPSA) is 44.7 Å². The number of amides is 1. The van der Waals surface area contributed by atoms with Crippen molar-refractivity contribution in [2.24, 2.45) is 16.3 Å². The molecular formula is C30H36ClN3OS. The third-order valence-electron chi connectivity index (χ3n) is 7.15. The van der Waals surface area contributed by atoms with E-state index in [0.29, 0.717) is 16.5 Å². The molecule has 0 saturated heterocycles. The van der Waals surface area contributed by atoms with E-state index in [9.17, 15) is 4.79 Å².